The second-order valence-corrected chi connectivity index (χ2v) is 1.54. The van der Waals surface area contributed by atoms with Gasteiger partial charge in [-0.25, -0.2) is 0 Å². The lowest BCUT2D eigenvalue weighted by molar-refractivity contribution is -0.553. The summed E-state index contributed by atoms with van der Waals surface area (Å²) >= 11 is 0. The van der Waals surface area contributed by atoms with E-state index in [1.807, 2.05) is 6.20 Å². The molecule has 11 heavy (non-hydrogen) atoms. The van der Waals surface area contributed by atoms with E-state index in [9.17, 15) is 20.2 Å². The van der Waals surface area contributed by atoms with Crippen molar-refractivity contribution in [3.63, 3.8) is 0 Å². The first kappa shape index (κ1) is 7.12. The van der Waals surface area contributed by atoms with E-state index in [0.717, 1.165) is 0 Å². The molecule has 1 radical (unpaired) electrons. The Bertz CT molecular complexity index is 276. The van der Waals surface area contributed by atoms with Gasteiger partial charge < -0.3 is 10.1 Å². The number of hydrogen-bond donors (Lipinski definition) is 0. The summed E-state index contributed by atoms with van der Waals surface area (Å²) in [5, 5.41) is 21.9. The highest BCUT2D eigenvalue weighted by molar-refractivity contribution is 5.18. The van der Waals surface area contributed by atoms with Gasteiger partial charge in [-0.15, -0.1) is 0 Å². The molecule has 0 aliphatic heterocycles. The van der Waals surface area contributed by atoms with Crippen LogP contribution >= 0.6 is 0 Å². The fourth-order valence-corrected chi connectivity index (χ4v) is 0.441. The first-order chi connectivity index (χ1) is 5.11. The van der Waals surface area contributed by atoms with E-state index in [-0.39, 0.29) is 4.79 Å². The van der Waals surface area contributed by atoms with Crippen molar-refractivity contribution in [1.29, 1.82) is 0 Å². The molecule has 1 aromatic rings. The largest absolute Gasteiger partial charge is 0.351 e. The highest BCUT2D eigenvalue weighted by Crippen LogP contribution is 2.05. The van der Waals surface area contributed by atoms with Crippen molar-refractivity contribution >= 4 is 5.69 Å². The topological polar surface area (TPSA) is 104 Å². The van der Waals surface area contributed by atoms with Crippen LogP contribution in [0.5, 0.6) is 0 Å². The monoisotopic (exact) mass is 157 g/mol. The van der Waals surface area contributed by atoms with Crippen LogP contribution in [0.2, 0.25) is 0 Å². The number of rotatable bonds is 2. The van der Waals surface area contributed by atoms with Crippen LogP contribution in [0.1, 0.15) is 0 Å². The Hall–Kier alpha value is -1.99. The maximum absolute atomic E-state index is 9.94. The van der Waals surface area contributed by atoms with Crippen molar-refractivity contribution in [2.24, 2.45) is 0 Å². The minimum absolute atomic E-state index is 0.220. The van der Waals surface area contributed by atoms with Crippen molar-refractivity contribution in [2.75, 3.05) is 0 Å². The van der Waals surface area contributed by atoms with E-state index < -0.39 is 15.6 Å². The second kappa shape index (κ2) is 2.33. The third-order valence-electron chi connectivity index (χ3n) is 0.869. The molecule has 0 N–H and O–H groups in total. The van der Waals surface area contributed by atoms with E-state index in [1.165, 1.54) is 0 Å². The molecule has 57 valence electrons. The average molecular weight is 157 g/mol. The summed E-state index contributed by atoms with van der Waals surface area (Å²) in [6.07, 6.45) is 2.53. The Morgan fingerprint density at radius 1 is 1.55 bits per heavy atom. The molecule has 0 aliphatic carbocycles. The van der Waals surface area contributed by atoms with Gasteiger partial charge in [0.1, 0.15) is 0 Å². The zero-order chi connectivity index (χ0) is 8.43. The highest BCUT2D eigenvalue weighted by Gasteiger charge is 2.17. The van der Waals surface area contributed by atoms with Gasteiger partial charge in [0.15, 0.2) is 6.20 Å². The summed E-state index contributed by atoms with van der Waals surface area (Å²) in [6, 6.07) is 0. The summed E-state index contributed by atoms with van der Waals surface area (Å²) in [7, 11) is 0. The molecule has 1 heterocycles. The number of nitro groups is 2. The van der Waals surface area contributed by atoms with Crippen LogP contribution in [0.25, 0.3) is 0 Å². The molecule has 0 fully saturated rings. The second-order valence-electron chi connectivity index (χ2n) is 1.54. The van der Waals surface area contributed by atoms with Crippen molar-refractivity contribution in [3.8, 4) is 0 Å². The lowest BCUT2D eigenvalue weighted by atomic mass is 10.6. The van der Waals surface area contributed by atoms with Crippen LogP contribution in [0, 0.1) is 26.4 Å². The fraction of sp³-hybridized carbons (Fsp3) is 0. The zero-order valence-corrected chi connectivity index (χ0v) is 5.00. The molecule has 0 bridgehead atoms. The third kappa shape index (κ3) is 1.28. The van der Waals surface area contributed by atoms with Crippen molar-refractivity contribution < 1.29 is 9.96 Å². The Balaban J connectivity index is 2.99. The lowest BCUT2D eigenvalue weighted by Gasteiger charge is -1.85. The molecule has 0 saturated carbocycles. The third-order valence-corrected chi connectivity index (χ3v) is 0.869. The summed E-state index contributed by atoms with van der Waals surface area (Å²) < 4.78 is 0. The summed E-state index contributed by atoms with van der Waals surface area (Å²) in [5.74, 6) is 0. The van der Waals surface area contributed by atoms with Gasteiger partial charge in [0.05, 0.1) is 15.1 Å². The molecule has 8 heteroatoms. The normalized spacial score (nSPS) is 9.45. The zero-order valence-electron chi connectivity index (χ0n) is 5.00. The van der Waals surface area contributed by atoms with Crippen LogP contribution in [-0.2, 0) is 0 Å². The smallest absolute Gasteiger partial charge is 0.339 e. The van der Waals surface area contributed by atoms with Crippen molar-refractivity contribution in [1.82, 2.24) is 9.89 Å². The van der Waals surface area contributed by atoms with Crippen molar-refractivity contribution in [2.45, 2.75) is 0 Å². The lowest BCUT2D eigenvalue weighted by Crippen LogP contribution is -2.08. The SMILES string of the molecule is O=[N+]([O-])c1[c]nn([N+](=O)[O-])c1. The Morgan fingerprint density at radius 2 is 2.18 bits per heavy atom. The Labute approximate surface area is 59.3 Å². The standard InChI is InChI=1S/C3HN4O4/c8-6(9)3-1-4-5(2-3)7(10)11/h2H. The molecular formula is C3HN4O4. The molecule has 1 aromatic heterocycles. The van der Waals surface area contributed by atoms with E-state index in [4.69, 9.17) is 0 Å². The van der Waals surface area contributed by atoms with Crippen LogP contribution in [-0.4, -0.2) is 19.8 Å². The van der Waals surface area contributed by atoms with Crippen LogP contribution < -0.4 is 0 Å². The minimum atomic E-state index is -0.899. The molecule has 0 aromatic carbocycles. The molecule has 0 amide bonds. The molecule has 0 spiro atoms. The Kier molecular flexibility index (Phi) is 1.51. The molecular weight excluding hydrogens is 156 g/mol. The van der Waals surface area contributed by atoms with E-state index in [2.05, 4.69) is 5.10 Å². The minimum Gasteiger partial charge on any atom is -0.339 e. The molecule has 0 unspecified atom stereocenters. The Morgan fingerprint density at radius 3 is 2.45 bits per heavy atom. The van der Waals surface area contributed by atoms with Crippen molar-refractivity contribution in [3.05, 3.63) is 32.6 Å². The molecule has 0 atom stereocenters. The maximum atomic E-state index is 9.94. The quantitative estimate of drug-likeness (QED) is 0.430. The summed E-state index contributed by atoms with van der Waals surface area (Å²) in [4.78, 5) is 19.2. The number of aromatic nitrogens is 2. The van der Waals surface area contributed by atoms with Gasteiger partial charge in [-0.05, 0) is 0 Å². The van der Waals surface area contributed by atoms with E-state index in [1.54, 1.807) is 0 Å². The summed E-state index contributed by atoms with van der Waals surface area (Å²) in [6.45, 7) is 0. The summed E-state index contributed by atoms with van der Waals surface area (Å²) in [5.41, 5.74) is -0.526. The van der Waals surface area contributed by atoms with Crippen LogP contribution in [0.4, 0.5) is 5.69 Å². The molecule has 1 rings (SSSR count). The predicted octanol–water partition coefficient (Wildman–Crippen LogP) is -0.369. The number of hydrogen-bond acceptors (Lipinski definition) is 5. The van der Waals surface area contributed by atoms with Crippen LogP contribution in [0.15, 0.2) is 6.20 Å². The first-order valence-electron chi connectivity index (χ1n) is 2.37. The van der Waals surface area contributed by atoms with Gasteiger partial charge in [0.2, 0.25) is 0 Å². The van der Waals surface area contributed by atoms with Gasteiger partial charge in [0, 0.05) is 4.79 Å². The molecule has 8 nitrogen and oxygen atoms in total. The maximum Gasteiger partial charge on any atom is 0.351 e. The van der Waals surface area contributed by atoms with Gasteiger partial charge in [-0.1, -0.05) is 0 Å². The number of nitrogens with zero attached hydrogens (tertiary/aromatic N) is 4. The first-order valence-corrected chi connectivity index (χ1v) is 2.37. The van der Waals surface area contributed by atoms with Crippen LogP contribution in [0.3, 0.4) is 0 Å². The van der Waals surface area contributed by atoms with E-state index >= 15 is 0 Å². The molecule has 0 saturated heterocycles. The highest BCUT2D eigenvalue weighted by atomic mass is 16.7. The van der Waals surface area contributed by atoms with E-state index in [0.29, 0.717) is 6.20 Å². The predicted molar refractivity (Wildman–Crippen MR) is 30.1 cm³/mol. The average Bonchev–Trinajstić information content (AvgIpc) is 2.33. The molecule has 0 aliphatic rings. The fourth-order valence-electron chi connectivity index (χ4n) is 0.441. The van der Waals surface area contributed by atoms with Gasteiger partial charge in [-0.3, -0.25) is 10.1 Å². The van der Waals surface area contributed by atoms with Gasteiger partial charge >= 0.3 is 11.9 Å². The van der Waals surface area contributed by atoms with Gasteiger partial charge in [-0.2, -0.15) is 0 Å². The van der Waals surface area contributed by atoms with Gasteiger partial charge in [0.25, 0.3) is 0 Å².